The van der Waals surface area contributed by atoms with Crippen molar-refractivity contribution in [3.05, 3.63) is 41.7 Å². The van der Waals surface area contributed by atoms with Crippen molar-refractivity contribution in [1.29, 1.82) is 0 Å². The van der Waals surface area contributed by atoms with Crippen LogP contribution in [0.15, 0.2) is 24.5 Å². The zero-order valence-electron chi connectivity index (χ0n) is 13.4. The maximum absolute atomic E-state index is 5.85. The zero-order chi connectivity index (χ0) is 15.5. The number of aromatic nitrogens is 4. The van der Waals surface area contributed by atoms with E-state index < -0.39 is 0 Å². The molecule has 2 aromatic heterocycles. The van der Waals surface area contributed by atoms with Crippen molar-refractivity contribution in [2.24, 2.45) is 7.05 Å². The van der Waals surface area contributed by atoms with Crippen LogP contribution < -0.4 is 0 Å². The van der Waals surface area contributed by atoms with E-state index in [2.05, 4.69) is 47.1 Å². The van der Waals surface area contributed by atoms with E-state index in [1.807, 2.05) is 11.6 Å². The number of hydrogen-bond acceptors (Lipinski definition) is 5. The van der Waals surface area contributed by atoms with E-state index in [4.69, 9.17) is 9.72 Å². The average Bonchev–Trinajstić information content (AvgIpc) is 2.94. The predicted molar refractivity (Wildman–Crippen MR) is 83.3 cm³/mol. The largest absolute Gasteiger partial charge is 0.368 e. The molecule has 1 unspecified atom stereocenters. The fraction of sp³-hybridized carbons (Fsp3) is 0.562. The molecule has 0 radical (unpaired) electrons. The summed E-state index contributed by atoms with van der Waals surface area (Å²) in [5, 5.41) is 8.10. The van der Waals surface area contributed by atoms with Crippen molar-refractivity contribution in [3.63, 3.8) is 0 Å². The van der Waals surface area contributed by atoms with Crippen LogP contribution in [0.25, 0.3) is 0 Å². The third-order valence-electron chi connectivity index (χ3n) is 3.99. The molecule has 1 aliphatic heterocycles. The summed E-state index contributed by atoms with van der Waals surface area (Å²) in [4.78, 5) is 7.13. The summed E-state index contributed by atoms with van der Waals surface area (Å²) in [5.41, 5.74) is 2.26. The topological polar surface area (TPSA) is 56.1 Å². The second-order valence-electron chi connectivity index (χ2n) is 6.10. The lowest BCUT2D eigenvalue weighted by Crippen LogP contribution is -2.38. The predicted octanol–water partition coefficient (Wildman–Crippen LogP) is 1.91. The highest BCUT2D eigenvalue weighted by molar-refractivity contribution is 5.14. The Morgan fingerprint density at radius 1 is 1.36 bits per heavy atom. The zero-order valence-corrected chi connectivity index (χ0v) is 13.4. The molecule has 22 heavy (non-hydrogen) atoms. The Bertz CT molecular complexity index is 625. The molecule has 0 spiro atoms. The Balaban J connectivity index is 1.68. The molecule has 1 fully saturated rings. The molecule has 3 rings (SSSR count). The molecule has 2 aromatic rings. The summed E-state index contributed by atoms with van der Waals surface area (Å²) < 4.78 is 7.77. The van der Waals surface area contributed by atoms with Gasteiger partial charge in [0.2, 0.25) is 0 Å². The molecular formula is C16H23N5O. The van der Waals surface area contributed by atoms with Crippen molar-refractivity contribution in [2.75, 3.05) is 19.7 Å². The summed E-state index contributed by atoms with van der Waals surface area (Å²) in [6.45, 7) is 7.64. The van der Waals surface area contributed by atoms with Gasteiger partial charge in [0, 0.05) is 32.4 Å². The van der Waals surface area contributed by atoms with Crippen LogP contribution in [0.2, 0.25) is 0 Å². The number of aryl methyl sites for hydroxylation is 1. The highest BCUT2D eigenvalue weighted by Crippen LogP contribution is 2.21. The molecule has 1 saturated heterocycles. The molecule has 3 heterocycles. The van der Waals surface area contributed by atoms with Gasteiger partial charge >= 0.3 is 0 Å². The fourth-order valence-electron chi connectivity index (χ4n) is 2.72. The van der Waals surface area contributed by atoms with Crippen molar-refractivity contribution in [3.8, 4) is 0 Å². The van der Waals surface area contributed by atoms with Gasteiger partial charge in [-0.1, -0.05) is 19.9 Å². The first-order chi connectivity index (χ1) is 10.6. The molecule has 1 aliphatic rings. The Morgan fingerprint density at radius 2 is 2.23 bits per heavy atom. The number of ether oxygens (including phenoxy) is 1. The highest BCUT2D eigenvalue weighted by Gasteiger charge is 2.25. The van der Waals surface area contributed by atoms with Crippen molar-refractivity contribution >= 4 is 0 Å². The minimum Gasteiger partial charge on any atom is -0.368 e. The van der Waals surface area contributed by atoms with Crippen LogP contribution in [0.5, 0.6) is 0 Å². The SMILES string of the molecule is CC(C)c1cccc(CN2CCOC(c3nncn3C)C2)n1. The lowest BCUT2D eigenvalue weighted by atomic mass is 10.1. The maximum Gasteiger partial charge on any atom is 0.163 e. The van der Waals surface area contributed by atoms with Crippen LogP contribution in [-0.2, 0) is 18.3 Å². The van der Waals surface area contributed by atoms with Gasteiger partial charge in [0.05, 0.1) is 12.3 Å². The van der Waals surface area contributed by atoms with E-state index in [0.717, 1.165) is 36.8 Å². The second-order valence-corrected chi connectivity index (χ2v) is 6.10. The van der Waals surface area contributed by atoms with E-state index in [-0.39, 0.29) is 6.10 Å². The number of pyridine rings is 1. The van der Waals surface area contributed by atoms with Crippen molar-refractivity contribution in [1.82, 2.24) is 24.6 Å². The van der Waals surface area contributed by atoms with Gasteiger partial charge in [-0.15, -0.1) is 10.2 Å². The number of morpholine rings is 1. The third kappa shape index (κ3) is 3.34. The molecule has 0 N–H and O–H groups in total. The first-order valence-electron chi connectivity index (χ1n) is 7.77. The van der Waals surface area contributed by atoms with Gasteiger partial charge in [-0.05, 0) is 18.1 Å². The van der Waals surface area contributed by atoms with Crippen molar-refractivity contribution < 1.29 is 4.74 Å². The lowest BCUT2D eigenvalue weighted by molar-refractivity contribution is -0.0389. The van der Waals surface area contributed by atoms with E-state index in [1.54, 1.807) is 6.33 Å². The quantitative estimate of drug-likeness (QED) is 0.863. The molecule has 0 amide bonds. The van der Waals surface area contributed by atoms with Crippen LogP contribution >= 0.6 is 0 Å². The molecule has 0 saturated carbocycles. The molecule has 0 aliphatic carbocycles. The van der Waals surface area contributed by atoms with Gasteiger partial charge in [0.1, 0.15) is 12.4 Å². The molecule has 118 valence electrons. The van der Waals surface area contributed by atoms with Crippen LogP contribution in [0.1, 0.15) is 43.1 Å². The minimum atomic E-state index is -0.0190. The van der Waals surface area contributed by atoms with E-state index >= 15 is 0 Å². The minimum absolute atomic E-state index is 0.0190. The first-order valence-corrected chi connectivity index (χ1v) is 7.77. The summed E-state index contributed by atoms with van der Waals surface area (Å²) in [7, 11) is 1.95. The van der Waals surface area contributed by atoms with Crippen molar-refractivity contribution in [2.45, 2.75) is 32.4 Å². The number of nitrogens with zero attached hydrogens (tertiary/aromatic N) is 5. The lowest BCUT2D eigenvalue weighted by Gasteiger charge is -2.32. The molecule has 0 aromatic carbocycles. The van der Waals surface area contributed by atoms with Crippen LogP contribution in [0.3, 0.4) is 0 Å². The standard InChI is InChI=1S/C16H23N5O/c1-12(2)14-6-4-5-13(18-14)9-21-7-8-22-15(10-21)16-19-17-11-20(16)3/h4-6,11-12,15H,7-10H2,1-3H3. The van der Waals surface area contributed by atoms with E-state index in [9.17, 15) is 0 Å². The van der Waals surface area contributed by atoms with E-state index in [0.29, 0.717) is 12.5 Å². The Hall–Kier alpha value is -1.79. The summed E-state index contributed by atoms with van der Waals surface area (Å²) >= 11 is 0. The second kappa shape index (κ2) is 6.54. The highest BCUT2D eigenvalue weighted by atomic mass is 16.5. The first kappa shape index (κ1) is 15.1. The summed E-state index contributed by atoms with van der Waals surface area (Å²) in [6.07, 6.45) is 1.69. The van der Waals surface area contributed by atoms with Gasteiger partial charge in [0.15, 0.2) is 5.82 Å². The van der Waals surface area contributed by atoms with Gasteiger partial charge in [-0.2, -0.15) is 0 Å². The Morgan fingerprint density at radius 3 is 2.95 bits per heavy atom. The van der Waals surface area contributed by atoms with Crippen LogP contribution in [0.4, 0.5) is 0 Å². The number of hydrogen-bond donors (Lipinski definition) is 0. The average molecular weight is 301 g/mol. The van der Waals surface area contributed by atoms with Gasteiger partial charge in [0.25, 0.3) is 0 Å². The molecule has 0 bridgehead atoms. The third-order valence-corrected chi connectivity index (χ3v) is 3.99. The van der Waals surface area contributed by atoms with Gasteiger partial charge < -0.3 is 9.30 Å². The van der Waals surface area contributed by atoms with Gasteiger partial charge in [-0.25, -0.2) is 0 Å². The monoisotopic (exact) mass is 301 g/mol. The molecular weight excluding hydrogens is 278 g/mol. The van der Waals surface area contributed by atoms with Crippen LogP contribution in [0, 0.1) is 0 Å². The molecule has 6 heteroatoms. The molecule has 6 nitrogen and oxygen atoms in total. The van der Waals surface area contributed by atoms with Gasteiger partial charge in [-0.3, -0.25) is 9.88 Å². The van der Waals surface area contributed by atoms with Crippen LogP contribution in [-0.4, -0.2) is 44.3 Å². The Labute approximate surface area is 131 Å². The molecule has 1 atom stereocenters. The summed E-state index contributed by atoms with van der Waals surface area (Å²) in [6, 6.07) is 6.28. The smallest absolute Gasteiger partial charge is 0.163 e. The normalized spacial score (nSPS) is 19.7. The summed E-state index contributed by atoms with van der Waals surface area (Å²) in [5.74, 6) is 1.34. The number of rotatable bonds is 4. The maximum atomic E-state index is 5.85. The van der Waals surface area contributed by atoms with E-state index in [1.165, 1.54) is 0 Å². The fourth-order valence-corrected chi connectivity index (χ4v) is 2.72. The Kier molecular flexibility index (Phi) is 4.49.